The van der Waals surface area contributed by atoms with Crippen LogP contribution < -0.4 is 4.74 Å². The molecule has 0 spiro atoms. The van der Waals surface area contributed by atoms with Gasteiger partial charge in [0.25, 0.3) is 0 Å². The molecule has 0 aliphatic rings. The van der Waals surface area contributed by atoms with Crippen molar-refractivity contribution in [1.29, 1.82) is 0 Å². The van der Waals surface area contributed by atoms with E-state index in [2.05, 4.69) is 47.7 Å². The summed E-state index contributed by atoms with van der Waals surface area (Å²) in [5.74, 6) is 2.13. The molecule has 3 aromatic heterocycles. The summed E-state index contributed by atoms with van der Waals surface area (Å²) in [6.45, 7) is 6.11. The van der Waals surface area contributed by atoms with Crippen LogP contribution in [0.5, 0.6) is 11.5 Å². The van der Waals surface area contributed by atoms with E-state index >= 15 is 0 Å². The van der Waals surface area contributed by atoms with Crippen LogP contribution in [-0.2, 0) is 6.42 Å². The number of nitrogens with zero attached hydrogens (tertiary/aromatic N) is 4. The summed E-state index contributed by atoms with van der Waals surface area (Å²) >= 11 is 0. The van der Waals surface area contributed by atoms with Crippen molar-refractivity contribution in [3.8, 4) is 34.1 Å². The van der Waals surface area contributed by atoms with Gasteiger partial charge in [-0.1, -0.05) is 48.9 Å². The molecule has 0 fully saturated rings. The molecule has 0 saturated carbocycles. The fraction of sp³-hybridized carbons (Fsp3) is 0.158. The van der Waals surface area contributed by atoms with Crippen molar-refractivity contribution >= 4 is 21.8 Å². The van der Waals surface area contributed by atoms with Gasteiger partial charge in [-0.25, -0.2) is 9.67 Å². The van der Waals surface area contributed by atoms with Crippen LogP contribution in [0, 0.1) is 27.6 Å². The molecule has 7 rings (SSSR count). The lowest BCUT2D eigenvalue weighted by Gasteiger charge is -2.13. The Morgan fingerprint density at radius 3 is 2.42 bits per heavy atom. The van der Waals surface area contributed by atoms with Crippen molar-refractivity contribution in [3.05, 3.63) is 131 Å². The third kappa shape index (κ3) is 4.77. The number of ether oxygens (including phenoxy) is 1. The first-order valence-electron chi connectivity index (χ1n) is 16.1. The monoisotopic (exact) mass is 565 g/mol. The summed E-state index contributed by atoms with van der Waals surface area (Å²) in [5, 5.41) is 6.71. The third-order valence-electron chi connectivity index (χ3n) is 8.06. The van der Waals surface area contributed by atoms with E-state index in [1.807, 2.05) is 79.2 Å². The predicted octanol–water partition coefficient (Wildman–Crippen LogP) is 9.62. The van der Waals surface area contributed by atoms with Crippen LogP contribution in [0.1, 0.15) is 39.1 Å². The van der Waals surface area contributed by atoms with Crippen LogP contribution >= 0.6 is 0 Å². The lowest BCUT2D eigenvalue weighted by Crippen LogP contribution is -2.01. The maximum atomic E-state index is 7.98. The zero-order chi connectivity index (χ0) is 32.2. The van der Waals surface area contributed by atoms with Crippen LogP contribution in [0.3, 0.4) is 0 Å². The van der Waals surface area contributed by atoms with Crippen molar-refractivity contribution in [2.75, 3.05) is 0 Å². The summed E-state index contributed by atoms with van der Waals surface area (Å²) in [4.78, 5) is 4.68. The topological polar surface area (TPSA) is 44.9 Å². The number of fused-ring (bicyclic) bond motifs is 3. The summed E-state index contributed by atoms with van der Waals surface area (Å²) < 4.78 is 34.6. The smallest absolute Gasteiger partial charge is 0.137 e. The first kappa shape index (κ1) is 23.4. The van der Waals surface area contributed by atoms with E-state index in [1.165, 1.54) is 0 Å². The Bertz CT molecular complexity index is 2250. The van der Waals surface area contributed by atoms with Crippen LogP contribution in [-0.4, -0.2) is 19.3 Å². The van der Waals surface area contributed by atoms with Gasteiger partial charge in [0.15, 0.2) is 0 Å². The number of hydrogen-bond donors (Lipinski definition) is 0. The molecule has 0 radical (unpaired) electrons. The summed E-state index contributed by atoms with van der Waals surface area (Å²) in [7, 11) is 0. The lowest BCUT2D eigenvalue weighted by molar-refractivity contribution is 0.482. The number of rotatable bonds is 6. The highest BCUT2D eigenvalue weighted by Crippen LogP contribution is 2.36. The van der Waals surface area contributed by atoms with Gasteiger partial charge in [0, 0.05) is 44.5 Å². The Balaban J connectivity index is 1.34. The Kier molecular flexibility index (Phi) is 5.77. The minimum absolute atomic E-state index is 0.306. The maximum Gasteiger partial charge on any atom is 0.137 e. The summed E-state index contributed by atoms with van der Waals surface area (Å²) in [6, 6.07) is 31.9. The Hall–Kier alpha value is -5.16. The molecule has 4 aromatic carbocycles. The third-order valence-corrected chi connectivity index (χ3v) is 8.06. The average molecular weight is 566 g/mol. The molecule has 0 amide bonds. The maximum absolute atomic E-state index is 7.98. The molecular weight excluding hydrogens is 528 g/mol. The largest absolute Gasteiger partial charge is 0.457 e. The molecule has 5 heteroatoms. The van der Waals surface area contributed by atoms with Gasteiger partial charge in [-0.05, 0) is 99.3 Å². The van der Waals surface area contributed by atoms with Crippen LogP contribution in [0.2, 0.25) is 0 Å². The number of aryl methyl sites for hydroxylation is 4. The Morgan fingerprint density at radius 2 is 1.63 bits per heavy atom. The molecule has 0 aliphatic heterocycles. The van der Waals surface area contributed by atoms with E-state index in [0.29, 0.717) is 17.1 Å². The quantitative estimate of drug-likeness (QED) is 0.202. The summed E-state index contributed by atoms with van der Waals surface area (Å²) in [6.07, 6.45) is 2.63. The van der Waals surface area contributed by atoms with Crippen molar-refractivity contribution in [2.45, 2.75) is 41.0 Å². The molecule has 7 aromatic rings. The van der Waals surface area contributed by atoms with Gasteiger partial charge in [0.05, 0.1) is 22.4 Å². The van der Waals surface area contributed by atoms with Gasteiger partial charge < -0.3 is 4.74 Å². The van der Waals surface area contributed by atoms with Gasteiger partial charge in [0.1, 0.15) is 17.3 Å². The second kappa shape index (κ2) is 10.6. The molecule has 0 atom stereocenters. The predicted molar refractivity (Wildman–Crippen MR) is 176 cm³/mol. The van der Waals surface area contributed by atoms with Gasteiger partial charge in [-0.15, -0.1) is 0 Å². The van der Waals surface area contributed by atoms with Crippen molar-refractivity contribution in [1.82, 2.24) is 19.3 Å². The molecule has 0 unspecified atom stereocenters. The van der Waals surface area contributed by atoms with E-state index in [1.54, 1.807) is 18.3 Å². The molecule has 0 bridgehead atoms. The fourth-order valence-corrected chi connectivity index (χ4v) is 6.04. The van der Waals surface area contributed by atoms with Gasteiger partial charge >= 0.3 is 0 Å². The molecule has 0 aliphatic carbocycles. The molecule has 0 saturated heterocycles. The van der Waals surface area contributed by atoms with E-state index in [4.69, 9.17) is 13.9 Å². The zero-order valence-electron chi connectivity index (χ0n) is 27.7. The van der Waals surface area contributed by atoms with Crippen LogP contribution in [0.25, 0.3) is 44.4 Å². The highest BCUT2D eigenvalue weighted by molar-refractivity contribution is 6.09. The van der Waals surface area contributed by atoms with E-state index in [-0.39, 0.29) is 0 Å². The summed E-state index contributed by atoms with van der Waals surface area (Å²) in [5.41, 5.74) is 9.53. The van der Waals surface area contributed by atoms with E-state index in [9.17, 15) is 0 Å². The molecule has 43 heavy (non-hydrogen) atoms. The van der Waals surface area contributed by atoms with Gasteiger partial charge in [0.2, 0.25) is 0 Å². The zero-order valence-corrected chi connectivity index (χ0v) is 24.7. The highest BCUT2D eigenvalue weighted by Gasteiger charge is 2.17. The van der Waals surface area contributed by atoms with E-state index < -0.39 is 6.85 Å². The second-order valence-electron chi connectivity index (χ2n) is 11.1. The number of aromatic nitrogens is 4. The van der Waals surface area contributed by atoms with Gasteiger partial charge in [-0.2, -0.15) is 5.10 Å². The molecule has 0 N–H and O–H groups in total. The van der Waals surface area contributed by atoms with E-state index in [0.717, 1.165) is 73.4 Å². The number of benzene rings is 4. The minimum atomic E-state index is -2.21. The van der Waals surface area contributed by atoms with Crippen LogP contribution in [0.4, 0.5) is 0 Å². The number of pyridine rings is 1. The highest BCUT2D eigenvalue weighted by atomic mass is 16.5. The van der Waals surface area contributed by atoms with Crippen molar-refractivity contribution < 1.29 is 8.85 Å². The fourth-order valence-electron chi connectivity index (χ4n) is 6.04. The number of hydrogen-bond acceptors (Lipinski definition) is 3. The standard InChI is InChI=1S/C38H34N4O/c1-6-28-20-30(42-27(5)38(26(4)40-42)29-10-8-7-9-11-29)22-32(21-28)43-31-13-14-33-34-18-24(2)12-15-35(34)41(36(33)23-31)37-19-25(3)16-17-39-37/h7-23H,6H2,1-5H3/i2D3. The Labute approximate surface area is 256 Å². The average Bonchev–Trinajstić information content (AvgIpc) is 3.53. The molecular formula is C38H34N4O. The Morgan fingerprint density at radius 1 is 0.767 bits per heavy atom. The van der Waals surface area contributed by atoms with Crippen molar-refractivity contribution in [3.63, 3.8) is 0 Å². The minimum Gasteiger partial charge on any atom is -0.457 e. The molecule has 3 heterocycles. The lowest BCUT2D eigenvalue weighted by atomic mass is 10.0. The molecule has 5 nitrogen and oxygen atoms in total. The second-order valence-corrected chi connectivity index (χ2v) is 11.1. The van der Waals surface area contributed by atoms with Gasteiger partial charge in [-0.3, -0.25) is 4.57 Å². The molecule has 212 valence electrons. The first-order valence-corrected chi connectivity index (χ1v) is 14.6. The van der Waals surface area contributed by atoms with Crippen molar-refractivity contribution in [2.24, 2.45) is 0 Å². The van der Waals surface area contributed by atoms with Crippen LogP contribution in [0.15, 0.2) is 103 Å². The SMILES string of the molecule is [2H]C([2H])([2H])c1ccc2c(c1)c1ccc(Oc3cc(CC)cc(-n4nc(C)c(-c5ccccc5)c4C)c3)cc1n2-c1cc(C)ccn1. The normalized spacial score (nSPS) is 12.8. The first-order chi connectivity index (χ1) is 22.1.